The lowest BCUT2D eigenvalue weighted by molar-refractivity contribution is -0.131. The van der Waals surface area contributed by atoms with E-state index in [9.17, 15) is 4.79 Å². The van der Waals surface area contributed by atoms with Gasteiger partial charge in [-0.15, -0.1) is 6.58 Å². The third-order valence-corrected chi connectivity index (χ3v) is 2.21. The van der Waals surface area contributed by atoms with Crippen molar-refractivity contribution in [2.75, 3.05) is 13.1 Å². The zero-order valence-electron chi connectivity index (χ0n) is 7.33. The van der Waals surface area contributed by atoms with E-state index in [1.165, 1.54) is 0 Å². The molecule has 1 saturated heterocycles. The molecule has 1 aliphatic heterocycles. The number of carbonyl (C=O) groups excluding carboxylic acids is 1. The number of nitrogens with zero attached hydrogens (tertiary/aromatic N) is 1. The van der Waals surface area contributed by atoms with Crippen LogP contribution in [0.1, 0.15) is 19.3 Å². The summed E-state index contributed by atoms with van der Waals surface area (Å²) in [6, 6.07) is 0.290. The number of nitrogens with two attached hydrogens (primary N) is 1. The van der Waals surface area contributed by atoms with Gasteiger partial charge in [0.2, 0.25) is 5.91 Å². The Morgan fingerprint density at radius 3 is 2.67 bits per heavy atom. The summed E-state index contributed by atoms with van der Waals surface area (Å²) in [5, 5.41) is 0. The highest BCUT2D eigenvalue weighted by molar-refractivity contribution is 5.77. The Morgan fingerprint density at radius 2 is 2.17 bits per heavy atom. The second kappa shape index (κ2) is 4.26. The zero-order valence-corrected chi connectivity index (χ0v) is 7.33. The molecule has 3 nitrogen and oxygen atoms in total. The lowest BCUT2D eigenvalue weighted by Crippen LogP contribution is -2.42. The third kappa shape index (κ3) is 2.34. The summed E-state index contributed by atoms with van der Waals surface area (Å²) >= 11 is 0. The lowest BCUT2D eigenvalue weighted by atomic mass is 10.1. The van der Waals surface area contributed by atoms with Crippen LogP contribution in [0, 0.1) is 0 Å². The van der Waals surface area contributed by atoms with Crippen molar-refractivity contribution >= 4 is 5.91 Å². The summed E-state index contributed by atoms with van der Waals surface area (Å²) in [6.45, 7) is 5.16. The summed E-state index contributed by atoms with van der Waals surface area (Å²) in [5.74, 6) is 0.178. The van der Waals surface area contributed by atoms with Crippen molar-refractivity contribution in [1.29, 1.82) is 0 Å². The normalized spacial score (nSPS) is 19.2. The predicted octanol–water partition coefficient (Wildman–Crippen LogP) is 0.512. The highest BCUT2D eigenvalue weighted by Gasteiger charge is 2.18. The molecule has 1 fully saturated rings. The van der Waals surface area contributed by atoms with Gasteiger partial charge in [-0.05, 0) is 12.8 Å². The Morgan fingerprint density at radius 1 is 1.58 bits per heavy atom. The molecule has 1 aliphatic rings. The van der Waals surface area contributed by atoms with Crippen molar-refractivity contribution in [3.05, 3.63) is 12.7 Å². The van der Waals surface area contributed by atoms with Gasteiger partial charge in [-0.3, -0.25) is 4.79 Å². The Bertz CT molecular complexity index is 171. The van der Waals surface area contributed by atoms with E-state index < -0.39 is 0 Å². The van der Waals surface area contributed by atoms with Gasteiger partial charge in [-0.2, -0.15) is 0 Å². The van der Waals surface area contributed by atoms with E-state index >= 15 is 0 Å². The number of hydrogen-bond acceptors (Lipinski definition) is 2. The second-order valence-electron chi connectivity index (χ2n) is 3.21. The third-order valence-electron chi connectivity index (χ3n) is 2.21. The molecule has 0 radical (unpaired) electrons. The molecule has 0 aliphatic carbocycles. The minimum atomic E-state index is 0.178. The number of amides is 1. The predicted molar refractivity (Wildman–Crippen MR) is 48.6 cm³/mol. The van der Waals surface area contributed by atoms with E-state index in [2.05, 4.69) is 6.58 Å². The number of carbonyl (C=O) groups is 1. The monoisotopic (exact) mass is 168 g/mol. The molecule has 0 aromatic rings. The molecule has 0 atom stereocenters. The van der Waals surface area contributed by atoms with Crippen LogP contribution in [0.2, 0.25) is 0 Å². The SMILES string of the molecule is C=CCC(=O)N1CCC(N)CC1. The van der Waals surface area contributed by atoms with Crippen LogP contribution in [0.5, 0.6) is 0 Å². The van der Waals surface area contributed by atoms with Crippen LogP contribution in [0.25, 0.3) is 0 Å². The lowest BCUT2D eigenvalue weighted by Gasteiger charge is -2.29. The fraction of sp³-hybridized carbons (Fsp3) is 0.667. The number of likely N-dealkylation sites (tertiary alicyclic amines) is 1. The van der Waals surface area contributed by atoms with Crippen molar-refractivity contribution < 1.29 is 4.79 Å². The molecule has 1 heterocycles. The maximum absolute atomic E-state index is 11.3. The summed E-state index contributed by atoms with van der Waals surface area (Å²) in [6.07, 6.45) is 3.97. The number of hydrogen-bond donors (Lipinski definition) is 1. The van der Waals surface area contributed by atoms with E-state index in [4.69, 9.17) is 5.73 Å². The van der Waals surface area contributed by atoms with Crippen LogP contribution in [0.4, 0.5) is 0 Å². The van der Waals surface area contributed by atoms with Gasteiger partial charge in [0.15, 0.2) is 0 Å². The van der Waals surface area contributed by atoms with Gasteiger partial charge in [0.1, 0.15) is 0 Å². The van der Waals surface area contributed by atoms with Gasteiger partial charge in [0.05, 0.1) is 0 Å². The minimum absolute atomic E-state index is 0.178. The molecule has 68 valence electrons. The van der Waals surface area contributed by atoms with Gasteiger partial charge in [-0.25, -0.2) is 0 Å². The Labute approximate surface area is 73.2 Å². The van der Waals surface area contributed by atoms with Crippen molar-refractivity contribution in [2.45, 2.75) is 25.3 Å². The molecule has 0 aromatic heterocycles. The average molecular weight is 168 g/mol. The van der Waals surface area contributed by atoms with Gasteiger partial charge in [0.25, 0.3) is 0 Å². The van der Waals surface area contributed by atoms with Crippen LogP contribution in [-0.2, 0) is 4.79 Å². The molecule has 2 N–H and O–H groups in total. The summed E-state index contributed by atoms with van der Waals surface area (Å²) in [5.41, 5.74) is 5.71. The highest BCUT2D eigenvalue weighted by atomic mass is 16.2. The first kappa shape index (κ1) is 9.26. The maximum Gasteiger partial charge on any atom is 0.226 e. The molecule has 0 aromatic carbocycles. The van der Waals surface area contributed by atoms with E-state index in [-0.39, 0.29) is 11.9 Å². The summed E-state index contributed by atoms with van der Waals surface area (Å²) in [7, 11) is 0. The van der Waals surface area contributed by atoms with Gasteiger partial charge in [-0.1, -0.05) is 6.08 Å². The van der Waals surface area contributed by atoms with Crippen molar-refractivity contribution in [3.8, 4) is 0 Å². The highest BCUT2D eigenvalue weighted by Crippen LogP contribution is 2.09. The van der Waals surface area contributed by atoms with E-state index in [1.54, 1.807) is 6.08 Å². The molecular weight excluding hydrogens is 152 g/mol. The largest absolute Gasteiger partial charge is 0.342 e. The Hall–Kier alpha value is -0.830. The molecule has 12 heavy (non-hydrogen) atoms. The molecule has 0 saturated carbocycles. The van der Waals surface area contributed by atoms with Gasteiger partial charge < -0.3 is 10.6 Å². The molecule has 1 rings (SSSR count). The topological polar surface area (TPSA) is 46.3 Å². The zero-order chi connectivity index (χ0) is 8.97. The van der Waals surface area contributed by atoms with Crippen LogP contribution >= 0.6 is 0 Å². The van der Waals surface area contributed by atoms with Gasteiger partial charge >= 0.3 is 0 Å². The summed E-state index contributed by atoms with van der Waals surface area (Å²) < 4.78 is 0. The molecule has 3 heteroatoms. The summed E-state index contributed by atoms with van der Waals surface area (Å²) in [4.78, 5) is 13.2. The minimum Gasteiger partial charge on any atom is -0.342 e. The van der Waals surface area contributed by atoms with E-state index in [0.29, 0.717) is 6.42 Å². The molecule has 0 bridgehead atoms. The van der Waals surface area contributed by atoms with Crippen LogP contribution in [0.15, 0.2) is 12.7 Å². The van der Waals surface area contributed by atoms with Crippen molar-refractivity contribution in [1.82, 2.24) is 4.90 Å². The van der Waals surface area contributed by atoms with Crippen molar-refractivity contribution in [3.63, 3.8) is 0 Å². The fourth-order valence-electron chi connectivity index (χ4n) is 1.40. The van der Waals surface area contributed by atoms with Gasteiger partial charge in [0, 0.05) is 25.6 Å². The fourth-order valence-corrected chi connectivity index (χ4v) is 1.40. The molecule has 0 unspecified atom stereocenters. The second-order valence-corrected chi connectivity index (χ2v) is 3.21. The molecule has 1 amide bonds. The first-order valence-corrected chi connectivity index (χ1v) is 4.38. The Balaban J connectivity index is 2.33. The standard InChI is InChI=1S/C9H16N2O/c1-2-3-9(12)11-6-4-8(10)5-7-11/h2,8H,1,3-7,10H2. The maximum atomic E-state index is 11.3. The smallest absolute Gasteiger partial charge is 0.226 e. The van der Waals surface area contributed by atoms with E-state index in [0.717, 1.165) is 25.9 Å². The number of piperidine rings is 1. The van der Waals surface area contributed by atoms with Crippen LogP contribution in [0.3, 0.4) is 0 Å². The first-order valence-electron chi connectivity index (χ1n) is 4.38. The molecule has 0 spiro atoms. The number of rotatable bonds is 2. The quantitative estimate of drug-likeness (QED) is 0.611. The molecular formula is C9H16N2O. The Kier molecular flexibility index (Phi) is 3.29. The first-order chi connectivity index (χ1) is 5.74. The van der Waals surface area contributed by atoms with Crippen LogP contribution < -0.4 is 5.73 Å². The van der Waals surface area contributed by atoms with E-state index in [1.807, 2.05) is 4.90 Å². The van der Waals surface area contributed by atoms with Crippen LogP contribution in [-0.4, -0.2) is 29.9 Å². The average Bonchev–Trinajstić information content (AvgIpc) is 2.06. The van der Waals surface area contributed by atoms with Crippen molar-refractivity contribution in [2.24, 2.45) is 5.73 Å².